The van der Waals surface area contributed by atoms with E-state index in [0.29, 0.717) is 24.2 Å². The lowest BCUT2D eigenvalue weighted by Gasteiger charge is -2.66. The highest BCUT2D eigenvalue weighted by molar-refractivity contribution is 5.77. The van der Waals surface area contributed by atoms with Gasteiger partial charge >= 0.3 is 5.97 Å². The van der Waals surface area contributed by atoms with Gasteiger partial charge in [-0.2, -0.15) is 5.26 Å². The van der Waals surface area contributed by atoms with Crippen LogP contribution in [-0.4, -0.2) is 24.3 Å². The van der Waals surface area contributed by atoms with Gasteiger partial charge in [-0.25, -0.2) is 0 Å². The number of aliphatic hydroxyl groups excluding tert-OH is 1. The number of ether oxygens (including phenoxy) is 1. The first-order valence-corrected chi connectivity index (χ1v) is 10.3. The van der Waals surface area contributed by atoms with Crippen molar-refractivity contribution in [3.63, 3.8) is 0 Å². The highest BCUT2D eigenvalue weighted by Crippen LogP contribution is 2.68. The molecule has 0 spiro atoms. The van der Waals surface area contributed by atoms with Crippen molar-refractivity contribution in [3.05, 3.63) is 0 Å². The highest BCUT2D eigenvalue weighted by Gasteiger charge is 2.65. The van der Waals surface area contributed by atoms with E-state index < -0.39 is 11.5 Å². The first kappa shape index (κ1) is 19.7. The third kappa shape index (κ3) is 2.53. The summed E-state index contributed by atoms with van der Waals surface area (Å²) in [5, 5.41) is 20.5. The SMILES string of the molecule is COC(=O)[C@]1(C)CCC[C@@]2(C)[C@@H]3C[C@H](C)[C@H](CC#N)[C@@H](O)[C@@]3(C)CC[C@@H]21. The molecule has 3 rings (SSSR count). The fraction of sp³-hybridized carbons (Fsp3) is 0.909. The number of nitrogens with zero attached hydrogens (tertiary/aromatic N) is 1. The van der Waals surface area contributed by atoms with Crippen molar-refractivity contribution in [3.8, 4) is 6.07 Å². The van der Waals surface area contributed by atoms with Gasteiger partial charge in [-0.3, -0.25) is 4.79 Å². The number of hydrogen-bond donors (Lipinski definition) is 1. The van der Waals surface area contributed by atoms with Gasteiger partial charge in [0.2, 0.25) is 0 Å². The van der Waals surface area contributed by atoms with Crippen LogP contribution in [0, 0.1) is 51.2 Å². The molecule has 0 aromatic rings. The second kappa shape index (κ2) is 6.51. The molecule has 4 heteroatoms. The average Bonchev–Trinajstić information content (AvgIpc) is 2.60. The lowest BCUT2D eigenvalue weighted by molar-refractivity contribution is -0.214. The van der Waals surface area contributed by atoms with Crippen molar-refractivity contribution in [2.24, 2.45) is 39.9 Å². The average molecular weight is 362 g/mol. The number of aliphatic hydroxyl groups is 1. The van der Waals surface area contributed by atoms with Crippen LogP contribution in [0.4, 0.5) is 0 Å². The molecule has 0 aliphatic heterocycles. The van der Waals surface area contributed by atoms with Crippen molar-refractivity contribution < 1.29 is 14.6 Å². The summed E-state index contributed by atoms with van der Waals surface area (Å²) in [6.07, 6.45) is 6.00. The molecule has 3 fully saturated rings. The zero-order valence-corrected chi connectivity index (χ0v) is 17.0. The van der Waals surface area contributed by atoms with Gasteiger partial charge in [-0.05, 0) is 67.6 Å². The molecule has 8 atom stereocenters. The molecule has 0 heterocycles. The van der Waals surface area contributed by atoms with E-state index in [1.807, 2.05) is 0 Å². The van der Waals surface area contributed by atoms with E-state index >= 15 is 0 Å². The molecule has 0 radical (unpaired) electrons. The summed E-state index contributed by atoms with van der Waals surface area (Å²) in [7, 11) is 1.51. The fourth-order valence-electron chi connectivity index (χ4n) is 7.50. The Hall–Kier alpha value is -1.08. The minimum Gasteiger partial charge on any atom is -0.469 e. The van der Waals surface area contributed by atoms with Crippen LogP contribution in [0.25, 0.3) is 0 Å². The number of hydrogen-bond acceptors (Lipinski definition) is 4. The van der Waals surface area contributed by atoms with E-state index in [2.05, 4.69) is 33.8 Å². The van der Waals surface area contributed by atoms with Crippen molar-refractivity contribution in [2.45, 2.75) is 78.7 Å². The van der Waals surface area contributed by atoms with Crippen LogP contribution in [0.5, 0.6) is 0 Å². The van der Waals surface area contributed by atoms with E-state index in [-0.39, 0.29) is 22.7 Å². The van der Waals surface area contributed by atoms with Crippen LogP contribution < -0.4 is 0 Å². The molecule has 3 aliphatic carbocycles. The van der Waals surface area contributed by atoms with Crippen LogP contribution in [0.15, 0.2) is 0 Å². The van der Waals surface area contributed by atoms with Gasteiger partial charge in [0.25, 0.3) is 0 Å². The van der Waals surface area contributed by atoms with E-state index in [1.165, 1.54) is 7.11 Å². The van der Waals surface area contributed by atoms with E-state index in [1.54, 1.807) is 0 Å². The van der Waals surface area contributed by atoms with Crippen LogP contribution in [0.2, 0.25) is 0 Å². The number of methoxy groups -OCH3 is 1. The first-order chi connectivity index (χ1) is 12.1. The van der Waals surface area contributed by atoms with Crippen LogP contribution >= 0.6 is 0 Å². The number of rotatable bonds is 2. The number of nitriles is 1. The molecule has 3 saturated carbocycles. The largest absolute Gasteiger partial charge is 0.469 e. The topological polar surface area (TPSA) is 70.3 Å². The van der Waals surface area contributed by atoms with Gasteiger partial charge in [0.1, 0.15) is 0 Å². The lowest BCUT2D eigenvalue weighted by atomic mass is 9.39. The maximum Gasteiger partial charge on any atom is 0.311 e. The number of fused-ring (bicyclic) bond motifs is 3. The van der Waals surface area contributed by atoms with Gasteiger partial charge in [0.15, 0.2) is 0 Å². The number of esters is 1. The third-order valence-electron chi connectivity index (χ3n) is 8.94. The third-order valence-corrected chi connectivity index (χ3v) is 8.94. The molecule has 4 nitrogen and oxygen atoms in total. The monoisotopic (exact) mass is 361 g/mol. The van der Waals surface area contributed by atoms with E-state index in [4.69, 9.17) is 4.74 Å². The molecule has 26 heavy (non-hydrogen) atoms. The smallest absolute Gasteiger partial charge is 0.311 e. The Kier molecular flexibility index (Phi) is 4.93. The summed E-state index contributed by atoms with van der Waals surface area (Å²) in [6.45, 7) is 8.90. The summed E-state index contributed by atoms with van der Waals surface area (Å²) >= 11 is 0. The van der Waals surface area contributed by atoms with Gasteiger partial charge in [-0.15, -0.1) is 0 Å². The van der Waals surface area contributed by atoms with Gasteiger partial charge in [0.05, 0.1) is 24.7 Å². The standard InChI is InChI=1S/C22H35NO3/c1-14-13-17-20(2)9-6-10-22(4,19(25)26-5)16(20)7-11-21(17,3)18(24)15(14)8-12-23/h14-18,24H,6-11,13H2,1-5H3/t14-,15-,16-,17-,18+,20+,21-,22+/m0/s1. The highest BCUT2D eigenvalue weighted by atomic mass is 16.5. The minimum absolute atomic E-state index is 0.0427. The maximum atomic E-state index is 12.7. The van der Waals surface area contributed by atoms with Crippen molar-refractivity contribution in [2.75, 3.05) is 7.11 Å². The molecular weight excluding hydrogens is 326 g/mol. The first-order valence-electron chi connectivity index (χ1n) is 10.3. The second-order valence-corrected chi connectivity index (χ2v) is 10.1. The summed E-state index contributed by atoms with van der Waals surface area (Å²) < 4.78 is 5.21. The fourth-order valence-corrected chi connectivity index (χ4v) is 7.50. The number of carbonyl (C=O) groups excluding carboxylic acids is 1. The summed E-state index contributed by atoms with van der Waals surface area (Å²) in [5.41, 5.74) is -0.532. The molecular formula is C22H35NO3. The second-order valence-electron chi connectivity index (χ2n) is 10.1. The zero-order valence-electron chi connectivity index (χ0n) is 17.0. The molecule has 0 bridgehead atoms. The molecule has 0 aromatic carbocycles. The van der Waals surface area contributed by atoms with Gasteiger partial charge < -0.3 is 9.84 Å². The molecule has 0 unspecified atom stereocenters. The Labute approximate surface area is 158 Å². The summed E-state index contributed by atoms with van der Waals surface area (Å²) in [5.74, 6) is 1.03. The van der Waals surface area contributed by atoms with Crippen LogP contribution in [0.3, 0.4) is 0 Å². The molecule has 3 aliphatic rings. The molecule has 146 valence electrons. The normalized spacial score (nSPS) is 50.9. The molecule has 0 amide bonds. The van der Waals surface area contributed by atoms with E-state index in [0.717, 1.165) is 38.5 Å². The van der Waals surface area contributed by atoms with E-state index in [9.17, 15) is 15.2 Å². The predicted octanol–water partition coefficient (Wildman–Crippen LogP) is 4.32. The quantitative estimate of drug-likeness (QED) is 0.744. The predicted molar refractivity (Wildman–Crippen MR) is 99.9 cm³/mol. The summed E-state index contributed by atoms with van der Waals surface area (Å²) in [6, 6.07) is 2.29. The Balaban J connectivity index is 2.00. The minimum atomic E-state index is -0.431. The van der Waals surface area contributed by atoms with Crippen molar-refractivity contribution >= 4 is 5.97 Å². The maximum absolute atomic E-state index is 12.7. The Morgan fingerprint density at radius 1 is 1.19 bits per heavy atom. The summed E-state index contributed by atoms with van der Waals surface area (Å²) in [4.78, 5) is 12.7. The van der Waals surface area contributed by atoms with Gasteiger partial charge in [-0.1, -0.05) is 27.2 Å². The lowest BCUT2D eigenvalue weighted by Crippen LogP contribution is -2.63. The zero-order chi connectivity index (χ0) is 19.3. The van der Waals surface area contributed by atoms with Gasteiger partial charge in [0, 0.05) is 12.3 Å². The van der Waals surface area contributed by atoms with Crippen LogP contribution in [0.1, 0.15) is 72.6 Å². The van der Waals surface area contributed by atoms with Crippen molar-refractivity contribution in [1.82, 2.24) is 0 Å². The Bertz CT molecular complexity index is 613. The molecule has 0 saturated heterocycles. The number of carbonyl (C=O) groups is 1. The van der Waals surface area contributed by atoms with Crippen LogP contribution in [-0.2, 0) is 9.53 Å². The molecule has 1 N–H and O–H groups in total. The van der Waals surface area contributed by atoms with Crippen molar-refractivity contribution in [1.29, 1.82) is 5.26 Å². The Morgan fingerprint density at radius 3 is 2.50 bits per heavy atom. The Morgan fingerprint density at radius 2 is 1.88 bits per heavy atom. The molecule has 0 aromatic heterocycles.